The molecule has 0 spiro atoms. The second-order valence-corrected chi connectivity index (χ2v) is 4.63. The fourth-order valence-electron chi connectivity index (χ4n) is 1.03. The summed E-state index contributed by atoms with van der Waals surface area (Å²) in [4.78, 5) is 10.2. The van der Waals surface area contributed by atoms with Crippen molar-refractivity contribution in [3.63, 3.8) is 0 Å². The number of halogens is 2. The van der Waals surface area contributed by atoms with Gasteiger partial charge in [-0.3, -0.25) is 0 Å². The molecule has 0 saturated heterocycles. The van der Waals surface area contributed by atoms with Gasteiger partial charge in [0.2, 0.25) is 0 Å². The van der Waals surface area contributed by atoms with Crippen molar-refractivity contribution in [1.29, 1.82) is 0 Å². The van der Waals surface area contributed by atoms with Gasteiger partial charge in [-0.15, -0.1) is 11.8 Å². The number of carboxylic acids is 1. The minimum Gasteiger partial charge on any atom is -0.478 e. The summed E-state index contributed by atoms with van der Waals surface area (Å²) in [5, 5.41) is 17.0. The average Bonchev–Trinajstić information content (AvgIpc) is 2.22. The second kappa shape index (κ2) is 5.27. The topological polar surface area (TPSA) is 57.5 Å². The Morgan fingerprint density at radius 3 is 2.31 bits per heavy atom. The Labute approximate surface area is 95.1 Å². The molecule has 0 saturated carbocycles. The first-order valence-corrected chi connectivity index (χ1v) is 5.33. The van der Waals surface area contributed by atoms with Crippen LogP contribution in [0.4, 0.5) is 8.78 Å². The van der Waals surface area contributed by atoms with Crippen LogP contribution in [0.25, 0.3) is 0 Å². The summed E-state index contributed by atoms with van der Waals surface area (Å²) in [6, 6.07) is 1.52. The summed E-state index contributed by atoms with van der Waals surface area (Å²) < 4.78 is 26.7. The van der Waals surface area contributed by atoms with Gasteiger partial charge in [-0.2, -0.15) is 0 Å². The molecule has 6 heteroatoms. The molecule has 1 atom stereocenters. The number of hydrogen-bond acceptors (Lipinski definition) is 3. The molecule has 3 nitrogen and oxygen atoms in total. The zero-order valence-corrected chi connectivity index (χ0v) is 9.22. The molecule has 1 unspecified atom stereocenters. The highest BCUT2D eigenvalue weighted by atomic mass is 32.2. The molecule has 0 aliphatic heterocycles. The van der Waals surface area contributed by atoms with Gasteiger partial charge in [0.1, 0.15) is 11.6 Å². The molecule has 2 N–H and O–H groups in total. The van der Waals surface area contributed by atoms with E-state index in [0.29, 0.717) is 0 Å². The van der Waals surface area contributed by atoms with Gasteiger partial charge in [0.05, 0.1) is 17.1 Å². The highest BCUT2D eigenvalue weighted by molar-refractivity contribution is 8.00. The predicted octanol–water partition coefficient (Wildman–Crippen LogP) is 2.14. The van der Waals surface area contributed by atoms with E-state index in [1.165, 1.54) is 0 Å². The smallest absolute Gasteiger partial charge is 0.335 e. The van der Waals surface area contributed by atoms with Crippen LogP contribution in [0.5, 0.6) is 0 Å². The van der Waals surface area contributed by atoms with E-state index in [0.717, 1.165) is 23.9 Å². The van der Waals surface area contributed by atoms with Crippen LogP contribution in [0.3, 0.4) is 0 Å². The molecule has 1 aromatic rings. The van der Waals surface area contributed by atoms with Crippen molar-refractivity contribution in [1.82, 2.24) is 0 Å². The number of aliphatic hydroxyl groups excluding tert-OH is 1. The molecule has 0 fully saturated rings. The van der Waals surface area contributed by atoms with E-state index in [9.17, 15) is 13.6 Å². The van der Waals surface area contributed by atoms with Crippen molar-refractivity contribution in [3.8, 4) is 0 Å². The Kier molecular flexibility index (Phi) is 4.26. The first-order valence-electron chi connectivity index (χ1n) is 4.45. The van der Waals surface area contributed by atoms with E-state index < -0.39 is 23.2 Å². The van der Waals surface area contributed by atoms with Crippen molar-refractivity contribution < 1.29 is 23.8 Å². The van der Waals surface area contributed by atoms with E-state index in [4.69, 9.17) is 10.2 Å². The molecule has 1 aromatic carbocycles. The fraction of sp³-hybridized carbons (Fsp3) is 0.300. The van der Waals surface area contributed by atoms with Crippen LogP contribution in [-0.4, -0.2) is 28.0 Å². The molecule has 0 aromatic heterocycles. The molecule has 16 heavy (non-hydrogen) atoms. The predicted molar refractivity (Wildman–Crippen MR) is 55.7 cm³/mol. The van der Waals surface area contributed by atoms with Crippen LogP contribution in [0.1, 0.15) is 17.3 Å². The third-order valence-electron chi connectivity index (χ3n) is 1.82. The van der Waals surface area contributed by atoms with Gasteiger partial charge in [-0.05, 0) is 12.1 Å². The summed E-state index contributed by atoms with van der Waals surface area (Å²) >= 11 is 0.824. The second-order valence-electron chi connectivity index (χ2n) is 3.19. The third-order valence-corrected chi connectivity index (χ3v) is 3.00. The number of carboxylic acid groups (broad SMARTS) is 1. The van der Waals surface area contributed by atoms with Crippen molar-refractivity contribution in [3.05, 3.63) is 29.3 Å². The SMILES string of the molecule is CC(CO)Sc1c(F)cc(C(=O)O)cc1F. The van der Waals surface area contributed by atoms with Gasteiger partial charge < -0.3 is 10.2 Å². The van der Waals surface area contributed by atoms with E-state index >= 15 is 0 Å². The van der Waals surface area contributed by atoms with Crippen LogP contribution in [-0.2, 0) is 0 Å². The monoisotopic (exact) mass is 248 g/mol. The van der Waals surface area contributed by atoms with Crippen LogP contribution in [0.2, 0.25) is 0 Å². The first-order chi connectivity index (χ1) is 7.45. The minimum atomic E-state index is -1.38. The maximum atomic E-state index is 13.4. The molecule has 0 heterocycles. The Morgan fingerprint density at radius 2 is 1.94 bits per heavy atom. The van der Waals surface area contributed by atoms with Gasteiger partial charge in [0.25, 0.3) is 0 Å². The van der Waals surface area contributed by atoms with Gasteiger partial charge >= 0.3 is 5.97 Å². The summed E-state index contributed by atoms with van der Waals surface area (Å²) in [6.07, 6.45) is 0. The number of carbonyl (C=O) groups is 1. The van der Waals surface area contributed by atoms with Crippen molar-refractivity contribution in [2.75, 3.05) is 6.61 Å². The van der Waals surface area contributed by atoms with Crippen LogP contribution >= 0.6 is 11.8 Å². The number of thioether (sulfide) groups is 1. The number of aromatic carboxylic acids is 1. The lowest BCUT2D eigenvalue weighted by Gasteiger charge is -2.10. The van der Waals surface area contributed by atoms with E-state index in [-0.39, 0.29) is 16.8 Å². The molecular weight excluding hydrogens is 238 g/mol. The Bertz CT molecular complexity index is 386. The Hall–Kier alpha value is -1.14. The lowest BCUT2D eigenvalue weighted by molar-refractivity contribution is 0.0695. The molecule has 0 radical (unpaired) electrons. The van der Waals surface area contributed by atoms with Crippen LogP contribution in [0.15, 0.2) is 17.0 Å². The normalized spacial score (nSPS) is 12.5. The van der Waals surface area contributed by atoms with Crippen LogP contribution in [0, 0.1) is 11.6 Å². The molecule has 0 aliphatic rings. The number of rotatable bonds is 4. The Morgan fingerprint density at radius 1 is 1.44 bits per heavy atom. The lowest BCUT2D eigenvalue weighted by Crippen LogP contribution is -2.05. The highest BCUT2D eigenvalue weighted by Gasteiger charge is 2.17. The van der Waals surface area contributed by atoms with Gasteiger partial charge in [-0.1, -0.05) is 6.92 Å². The summed E-state index contributed by atoms with van der Waals surface area (Å²) in [6.45, 7) is 1.39. The Balaban J connectivity index is 3.07. The van der Waals surface area contributed by atoms with Gasteiger partial charge in [0, 0.05) is 5.25 Å². The maximum Gasteiger partial charge on any atom is 0.335 e. The largest absolute Gasteiger partial charge is 0.478 e. The number of aliphatic hydroxyl groups is 1. The summed E-state index contributed by atoms with van der Waals surface area (Å²) in [5.74, 6) is -3.24. The molecule has 1 rings (SSSR count). The maximum absolute atomic E-state index is 13.4. The van der Waals surface area contributed by atoms with E-state index in [1.54, 1.807) is 6.92 Å². The number of benzene rings is 1. The van der Waals surface area contributed by atoms with Gasteiger partial charge in [-0.25, -0.2) is 13.6 Å². The van der Waals surface area contributed by atoms with Crippen molar-refractivity contribution in [2.24, 2.45) is 0 Å². The molecular formula is C10H10F2O3S. The minimum absolute atomic E-state index is 0.218. The summed E-state index contributed by atoms with van der Waals surface area (Å²) in [7, 11) is 0. The molecule has 0 amide bonds. The fourth-order valence-corrected chi connectivity index (χ4v) is 1.85. The van der Waals surface area contributed by atoms with E-state index in [2.05, 4.69) is 0 Å². The average molecular weight is 248 g/mol. The molecule has 0 aliphatic carbocycles. The zero-order valence-electron chi connectivity index (χ0n) is 8.41. The number of hydrogen-bond donors (Lipinski definition) is 2. The zero-order chi connectivity index (χ0) is 12.3. The van der Waals surface area contributed by atoms with Gasteiger partial charge in [0.15, 0.2) is 0 Å². The molecule has 88 valence electrons. The summed E-state index contributed by atoms with van der Waals surface area (Å²) in [5.41, 5.74) is -0.434. The molecule has 0 bridgehead atoms. The van der Waals surface area contributed by atoms with Crippen LogP contribution < -0.4 is 0 Å². The first kappa shape index (κ1) is 12.9. The lowest BCUT2D eigenvalue weighted by atomic mass is 10.2. The standard InChI is InChI=1S/C10H10F2O3S/c1-5(4-13)16-9-7(11)2-6(10(14)15)3-8(9)12/h2-3,5,13H,4H2,1H3,(H,14,15). The van der Waals surface area contributed by atoms with Crippen molar-refractivity contribution >= 4 is 17.7 Å². The third kappa shape index (κ3) is 2.93. The van der Waals surface area contributed by atoms with E-state index in [1.807, 2.05) is 0 Å². The highest BCUT2D eigenvalue weighted by Crippen LogP contribution is 2.29. The quantitative estimate of drug-likeness (QED) is 0.801. The van der Waals surface area contributed by atoms with Crippen molar-refractivity contribution in [2.45, 2.75) is 17.1 Å².